The van der Waals surface area contributed by atoms with E-state index in [1.165, 1.54) is 0 Å². The zero-order valence-electron chi connectivity index (χ0n) is 15.0. The monoisotopic (exact) mass is 318 g/mol. The van der Waals surface area contributed by atoms with Crippen LogP contribution in [0.1, 0.15) is 53.9 Å². The fraction of sp³-hybridized carbons (Fsp3) is 0.632. The van der Waals surface area contributed by atoms with Crippen LogP contribution in [0, 0.1) is 5.41 Å². The van der Waals surface area contributed by atoms with E-state index in [9.17, 15) is 4.79 Å². The number of anilines is 1. The van der Waals surface area contributed by atoms with Crippen molar-refractivity contribution in [1.29, 1.82) is 0 Å². The summed E-state index contributed by atoms with van der Waals surface area (Å²) in [5, 5.41) is 0. The van der Waals surface area contributed by atoms with Crippen LogP contribution in [0.4, 0.5) is 5.69 Å². The standard InChI is InChI=1S/C19H30N2O2/c1-6-19(11-10-17(19)21(13(2)3)14(4)5)18(22)23-16-9-7-8-15(20)12-16/h7-9,12-14,17H,6,10-11,20H2,1-5H3. The molecule has 1 aromatic rings. The maximum Gasteiger partial charge on any atom is 0.319 e. The molecule has 1 aliphatic carbocycles. The van der Waals surface area contributed by atoms with Gasteiger partial charge in [0.05, 0.1) is 5.41 Å². The molecule has 0 radical (unpaired) electrons. The lowest BCUT2D eigenvalue weighted by molar-refractivity contribution is -0.164. The van der Waals surface area contributed by atoms with Crippen LogP contribution in [0.2, 0.25) is 0 Å². The molecule has 0 aromatic heterocycles. The number of nitrogens with zero attached hydrogens (tertiary/aromatic N) is 1. The van der Waals surface area contributed by atoms with Gasteiger partial charge in [-0.3, -0.25) is 9.69 Å². The van der Waals surface area contributed by atoms with Gasteiger partial charge in [-0.25, -0.2) is 0 Å². The highest BCUT2D eigenvalue weighted by atomic mass is 16.5. The van der Waals surface area contributed by atoms with Gasteiger partial charge in [0.15, 0.2) is 0 Å². The second-order valence-corrected chi connectivity index (χ2v) is 7.16. The summed E-state index contributed by atoms with van der Waals surface area (Å²) in [6, 6.07) is 8.16. The summed E-state index contributed by atoms with van der Waals surface area (Å²) in [6.07, 6.45) is 2.75. The summed E-state index contributed by atoms with van der Waals surface area (Å²) < 4.78 is 5.69. The number of esters is 1. The fourth-order valence-corrected chi connectivity index (χ4v) is 3.95. The van der Waals surface area contributed by atoms with Gasteiger partial charge in [0.2, 0.25) is 0 Å². The second kappa shape index (κ2) is 6.91. The molecule has 0 amide bonds. The third-order valence-corrected chi connectivity index (χ3v) is 5.16. The van der Waals surface area contributed by atoms with Crippen molar-refractivity contribution < 1.29 is 9.53 Å². The van der Waals surface area contributed by atoms with Crippen molar-refractivity contribution in [3.05, 3.63) is 24.3 Å². The molecule has 1 fully saturated rings. The van der Waals surface area contributed by atoms with E-state index >= 15 is 0 Å². The van der Waals surface area contributed by atoms with Crippen molar-refractivity contribution in [2.45, 2.75) is 72.0 Å². The maximum absolute atomic E-state index is 12.9. The van der Waals surface area contributed by atoms with E-state index in [1.807, 2.05) is 6.07 Å². The minimum absolute atomic E-state index is 0.117. The number of ether oxygens (including phenoxy) is 1. The van der Waals surface area contributed by atoms with Crippen LogP contribution in [0.3, 0.4) is 0 Å². The molecule has 4 nitrogen and oxygen atoms in total. The van der Waals surface area contributed by atoms with Gasteiger partial charge in [0, 0.05) is 29.9 Å². The molecule has 2 rings (SSSR count). The number of rotatable bonds is 6. The number of nitrogens with two attached hydrogens (primary N) is 1. The van der Waals surface area contributed by atoms with Crippen molar-refractivity contribution in [3.63, 3.8) is 0 Å². The van der Waals surface area contributed by atoms with Gasteiger partial charge in [-0.2, -0.15) is 0 Å². The van der Waals surface area contributed by atoms with E-state index in [0.717, 1.165) is 19.3 Å². The highest BCUT2D eigenvalue weighted by Gasteiger charge is 2.55. The molecular weight excluding hydrogens is 288 g/mol. The molecule has 2 atom stereocenters. The van der Waals surface area contributed by atoms with Gasteiger partial charge in [0.1, 0.15) is 5.75 Å². The number of hydrogen-bond donors (Lipinski definition) is 1. The Morgan fingerprint density at radius 2 is 2.00 bits per heavy atom. The Balaban J connectivity index is 2.21. The minimum Gasteiger partial charge on any atom is -0.426 e. The molecule has 0 heterocycles. The maximum atomic E-state index is 12.9. The third-order valence-electron chi connectivity index (χ3n) is 5.16. The molecule has 128 valence electrons. The molecule has 1 aromatic carbocycles. The fourth-order valence-electron chi connectivity index (χ4n) is 3.95. The van der Waals surface area contributed by atoms with Crippen LogP contribution in [0.5, 0.6) is 5.75 Å². The molecule has 1 saturated carbocycles. The quantitative estimate of drug-likeness (QED) is 0.492. The topological polar surface area (TPSA) is 55.6 Å². The van der Waals surface area contributed by atoms with E-state index in [0.29, 0.717) is 23.5 Å². The number of carbonyl (C=O) groups excluding carboxylic acids is 1. The third kappa shape index (κ3) is 3.37. The molecule has 0 saturated heterocycles. The van der Waals surface area contributed by atoms with E-state index in [2.05, 4.69) is 39.5 Å². The minimum atomic E-state index is -0.404. The van der Waals surface area contributed by atoms with Gasteiger partial charge >= 0.3 is 5.97 Å². The summed E-state index contributed by atoms with van der Waals surface area (Å²) in [5.74, 6) is 0.419. The smallest absolute Gasteiger partial charge is 0.319 e. The van der Waals surface area contributed by atoms with Crippen LogP contribution in [0.25, 0.3) is 0 Å². The van der Waals surface area contributed by atoms with E-state index < -0.39 is 5.41 Å². The van der Waals surface area contributed by atoms with Crippen molar-refractivity contribution in [1.82, 2.24) is 4.90 Å². The van der Waals surface area contributed by atoms with E-state index in [4.69, 9.17) is 10.5 Å². The van der Waals surface area contributed by atoms with Gasteiger partial charge in [-0.15, -0.1) is 0 Å². The summed E-state index contributed by atoms with van der Waals surface area (Å²) in [7, 11) is 0. The molecular formula is C19H30N2O2. The van der Waals surface area contributed by atoms with Gasteiger partial charge in [0.25, 0.3) is 0 Å². The van der Waals surface area contributed by atoms with Crippen molar-refractivity contribution in [2.75, 3.05) is 5.73 Å². The SMILES string of the molecule is CCC1(C(=O)Oc2cccc(N)c2)CCC1N(C(C)C)C(C)C. The molecule has 0 aliphatic heterocycles. The second-order valence-electron chi connectivity index (χ2n) is 7.16. The zero-order valence-corrected chi connectivity index (χ0v) is 15.0. The molecule has 4 heteroatoms. The van der Waals surface area contributed by atoms with Crippen molar-refractivity contribution in [2.24, 2.45) is 5.41 Å². The largest absolute Gasteiger partial charge is 0.426 e. The Hall–Kier alpha value is -1.55. The summed E-state index contributed by atoms with van der Waals surface area (Å²) >= 11 is 0. The summed E-state index contributed by atoms with van der Waals surface area (Å²) in [5.41, 5.74) is 5.98. The first-order valence-electron chi connectivity index (χ1n) is 8.67. The van der Waals surface area contributed by atoms with Crippen molar-refractivity contribution >= 4 is 11.7 Å². The number of benzene rings is 1. The van der Waals surface area contributed by atoms with Crippen LogP contribution < -0.4 is 10.5 Å². The summed E-state index contributed by atoms with van der Waals surface area (Å²) in [4.78, 5) is 15.4. The first kappa shape index (κ1) is 17.8. The average Bonchev–Trinajstić information content (AvgIpc) is 2.43. The molecule has 2 unspecified atom stereocenters. The Morgan fingerprint density at radius 1 is 1.35 bits per heavy atom. The van der Waals surface area contributed by atoms with Gasteiger partial charge in [-0.1, -0.05) is 13.0 Å². The lowest BCUT2D eigenvalue weighted by atomic mass is 9.61. The molecule has 1 aliphatic rings. The normalized spacial score (nSPS) is 24.1. The molecule has 0 bridgehead atoms. The number of carbonyl (C=O) groups is 1. The van der Waals surface area contributed by atoms with Crippen LogP contribution in [-0.2, 0) is 4.79 Å². The predicted octanol–water partition coefficient (Wildman–Crippen LogP) is 3.85. The molecule has 2 N–H and O–H groups in total. The number of hydrogen-bond acceptors (Lipinski definition) is 4. The van der Waals surface area contributed by atoms with Crippen molar-refractivity contribution in [3.8, 4) is 5.75 Å². The molecule has 0 spiro atoms. The first-order chi connectivity index (χ1) is 10.8. The highest BCUT2D eigenvalue weighted by molar-refractivity contribution is 5.81. The Morgan fingerprint density at radius 3 is 2.43 bits per heavy atom. The first-order valence-corrected chi connectivity index (χ1v) is 8.67. The highest BCUT2D eigenvalue weighted by Crippen LogP contribution is 2.49. The van der Waals surface area contributed by atoms with Gasteiger partial charge < -0.3 is 10.5 Å². The Bertz CT molecular complexity index is 544. The zero-order chi connectivity index (χ0) is 17.2. The predicted molar refractivity (Wildman–Crippen MR) is 94.3 cm³/mol. The Labute approximate surface area is 140 Å². The average molecular weight is 318 g/mol. The van der Waals surface area contributed by atoms with Crippen LogP contribution in [0.15, 0.2) is 24.3 Å². The van der Waals surface area contributed by atoms with Gasteiger partial charge in [-0.05, 0) is 59.1 Å². The van der Waals surface area contributed by atoms with E-state index in [-0.39, 0.29) is 12.0 Å². The Kier molecular flexibility index (Phi) is 5.35. The van der Waals surface area contributed by atoms with Crippen LogP contribution >= 0.6 is 0 Å². The lowest BCUT2D eigenvalue weighted by Crippen LogP contribution is -2.63. The lowest BCUT2D eigenvalue weighted by Gasteiger charge is -2.54. The van der Waals surface area contributed by atoms with Crippen LogP contribution in [-0.4, -0.2) is 29.0 Å². The van der Waals surface area contributed by atoms with E-state index in [1.54, 1.807) is 18.2 Å². The molecule has 23 heavy (non-hydrogen) atoms. The summed E-state index contributed by atoms with van der Waals surface area (Å²) in [6.45, 7) is 10.9. The number of nitrogen functional groups attached to an aromatic ring is 1.